The predicted molar refractivity (Wildman–Crippen MR) is 204 cm³/mol. The second-order valence-corrected chi connectivity index (χ2v) is 14.0. The van der Waals surface area contributed by atoms with Crippen molar-refractivity contribution in [2.45, 2.75) is 103 Å². The van der Waals surface area contributed by atoms with Gasteiger partial charge in [0.2, 0.25) is 0 Å². The lowest BCUT2D eigenvalue weighted by atomic mass is 9.80. The molecule has 2 amide bonds. The Bertz CT molecular complexity index is 1670. The van der Waals surface area contributed by atoms with Gasteiger partial charge in [0.05, 0.1) is 55.8 Å². The van der Waals surface area contributed by atoms with Crippen LogP contribution in [0.4, 0.5) is 0 Å². The predicted octanol–water partition coefficient (Wildman–Crippen LogP) is 7.67. The summed E-state index contributed by atoms with van der Waals surface area (Å²) in [5.41, 5.74) is 2.68. The number of hydrogen-bond donors (Lipinski definition) is 0. The summed E-state index contributed by atoms with van der Waals surface area (Å²) >= 11 is 0. The Morgan fingerprint density at radius 3 is 2.07 bits per heavy atom. The van der Waals surface area contributed by atoms with E-state index < -0.39 is 48.1 Å². The van der Waals surface area contributed by atoms with Gasteiger partial charge < -0.3 is 28.5 Å². The minimum atomic E-state index is -0.837. The van der Waals surface area contributed by atoms with Gasteiger partial charge in [0.15, 0.2) is 0 Å². The molecule has 5 rings (SSSR count). The van der Waals surface area contributed by atoms with E-state index in [1.54, 1.807) is 31.4 Å². The number of allylic oxidation sites excluding steroid dienone is 1. The molecule has 0 aliphatic carbocycles. The number of benzene rings is 3. The third kappa shape index (κ3) is 11.2. The maximum absolute atomic E-state index is 14.0. The van der Waals surface area contributed by atoms with Crippen molar-refractivity contribution in [3.63, 3.8) is 0 Å². The van der Waals surface area contributed by atoms with Crippen molar-refractivity contribution in [1.82, 2.24) is 4.90 Å². The van der Waals surface area contributed by atoms with E-state index in [-0.39, 0.29) is 25.4 Å². The number of imide groups is 1. The number of rotatable bonds is 21. The molecule has 0 aromatic heterocycles. The Hall–Kier alpha value is -4.64. The quantitative estimate of drug-likeness (QED) is 0.0470. The maximum Gasteiger partial charge on any atom is 0.302 e. The summed E-state index contributed by atoms with van der Waals surface area (Å²) < 4.78 is 29.8. The minimum absolute atomic E-state index is 0.0579. The van der Waals surface area contributed by atoms with Crippen LogP contribution in [0.25, 0.3) is 0 Å². The summed E-state index contributed by atoms with van der Waals surface area (Å²) in [5.74, 6) is -1.17. The standard InChI is InChI=1S/C44H53NO9/c1-31(46)27-38-40(30-52-32(2)47)54-39(21-13-8-6-4-5-7-9-16-26-51-28-34-22-24-35(50-3)25-23-34)41(42(38)53-29-33-17-11-10-12-18-33)45-43(48)36-19-14-15-20-37(36)44(45)49/h8,10-15,17-20,22-25,38-42H,4-7,9,16,21,26-30H2,1-3H3/b13-8+/t38-,39+,40-,41+,42+/m1/s1. The molecule has 54 heavy (non-hydrogen) atoms. The second-order valence-electron chi connectivity index (χ2n) is 14.0. The van der Waals surface area contributed by atoms with Crippen LogP contribution in [0.2, 0.25) is 0 Å². The van der Waals surface area contributed by atoms with E-state index in [0.717, 1.165) is 62.0 Å². The Balaban J connectivity index is 1.23. The fraction of sp³-hybridized carbons (Fsp3) is 0.455. The number of Topliss-reactive ketones (excluding diaryl/α,β-unsaturated/α-hetero) is 1. The van der Waals surface area contributed by atoms with E-state index in [1.165, 1.54) is 18.7 Å². The molecular formula is C44H53NO9. The van der Waals surface area contributed by atoms with Crippen LogP contribution >= 0.6 is 0 Å². The average Bonchev–Trinajstić information content (AvgIpc) is 3.42. The van der Waals surface area contributed by atoms with Crippen LogP contribution in [0.15, 0.2) is 91.0 Å². The van der Waals surface area contributed by atoms with E-state index in [0.29, 0.717) is 24.2 Å². The molecule has 5 atom stereocenters. The summed E-state index contributed by atoms with van der Waals surface area (Å²) in [7, 11) is 1.66. The molecule has 3 aromatic rings. The number of carbonyl (C=O) groups is 4. The van der Waals surface area contributed by atoms with Gasteiger partial charge in [-0.25, -0.2) is 0 Å². The van der Waals surface area contributed by atoms with Crippen LogP contribution in [0.3, 0.4) is 0 Å². The fourth-order valence-corrected chi connectivity index (χ4v) is 7.26. The van der Waals surface area contributed by atoms with Crippen molar-refractivity contribution in [3.8, 4) is 5.75 Å². The van der Waals surface area contributed by atoms with Crippen molar-refractivity contribution in [2.24, 2.45) is 5.92 Å². The first-order chi connectivity index (χ1) is 26.3. The van der Waals surface area contributed by atoms with E-state index in [4.69, 9.17) is 23.7 Å². The fourth-order valence-electron chi connectivity index (χ4n) is 7.26. The molecule has 0 N–H and O–H groups in total. The molecule has 0 radical (unpaired) electrons. The number of carbonyl (C=O) groups excluding carboxylic acids is 4. The number of fused-ring (bicyclic) bond motifs is 1. The molecule has 0 unspecified atom stereocenters. The van der Waals surface area contributed by atoms with E-state index >= 15 is 0 Å². The highest BCUT2D eigenvalue weighted by molar-refractivity contribution is 6.21. The van der Waals surface area contributed by atoms with Crippen molar-refractivity contribution in [2.75, 3.05) is 20.3 Å². The largest absolute Gasteiger partial charge is 0.497 e. The summed E-state index contributed by atoms with van der Waals surface area (Å²) in [6.07, 6.45) is 8.66. The van der Waals surface area contributed by atoms with Crippen molar-refractivity contribution < 1.29 is 42.9 Å². The topological polar surface area (TPSA) is 118 Å². The summed E-state index contributed by atoms with van der Waals surface area (Å²) in [6.45, 7) is 4.24. The van der Waals surface area contributed by atoms with Gasteiger partial charge in [-0.3, -0.25) is 19.3 Å². The lowest BCUT2D eigenvalue weighted by Crippen LogP contribution is -2.64. The van der Waals surface area contributed by atoms with Gasteiger partial charge in [0, 0.05) is 25.9 Å². The molecule has 1 fully saturated rings. The minimum Gasteiger partial charge on any atom is -0.497 e. The van der Waals surface area contributed by atoms with Crippen LogP contribution in [-0.2, 0) is 41.8 Å². The molecule has 0 bridgehead atoms. The Labute approximate surface area is 318 Å². The molecule has 288 valence electrons. The van der Waals surface area contributed by atoms with E-state index in [2.05, 4.69) is 6.08 Å². The highest BCUT2D eigenvalue weighted by Gasteiger charge is 2.54. The number of ether oxygens (including phenoxy) is 5. The van der Waals surface area contributed by atoms with Gasteiger partial charge in [0.1, 0.15) is 18.1 Å². The van der Waals surface area contributed by atoms with Gasteiger partial charge in [-0.2, -0.15) is 0 Å². The van der Waals surface area contributed by atoms with Crippen LogP contribution in [0.1, 0.15) is 97.1 Å². The molecule has 2 aliphatic heterocycles. The van der Waals surface area contributed by atoms with Gasteiger partial charge in [-0.05, 0) is 68.0 Å². The van der Waals surface area contributed by atoms with Gasteiger partial charge in [-0.15, -0.1) is 0 Å². The van der Waals surface area contributed by atoms with Crippen molar-refractivity contribution in [1.29, 1.82) is 0 Å². The SMILES string of the molecule is COc1ccc(COCCCCCCC/C=C/C[C@@H]2O[C@H](COC(C)=O)[C@@H](CC(C)=O)[C@H](OCc3ccccc3)[C@H]2N2C(=O)c3ccccc3C2=O)cc1. The highest BCUT2D eigenvalue weighted by Crippen LogP contribution is 2.39. The van der Waals surface area contributed by atoms with Crippen LogP contribution < -0.4 is 4.74 Å². The molecule has 10 nitrogen and oxygen atoms in total. The van der Waals surface area contributed by atoms with Crippen molar-refractivity contribution in [3.05, 3.63) is 113 Å². The smallest absolute Gasteiger partial charge is 0.302 e. The van der Waals surface area contributed by atoms with E-state index in [1.807, 2.05) is 60.7 Å². The maximum atomic E-state index is 14.0. The number of unbranched alkanes of at least 4 members (excludes halogenated alkanes) is 5. The number of hydrogen-bond acceptors (Lipinski definition) is 9. The summed E-state index contributed by atoms with van der Waals surface area (Å²) in [6, 6.07) is 23.5. The molecular weight excluding hydrogens is 686 g/mol. The number of esters is 1. The molecule has 0 saturated carbocycles. The van der Waals surface area contributed by atoms with E-state index in [9.17, 15) is 19.2 Å². The number of methoxy groups -OCH3 is 1. The molecule has 3 aromatic carbocycles. The molecule has 2 heterocycles. The number of nitrogens with zero attached hydrogens (tertiary/aromatic N) is 1. The third-order valence-electron chi connectivity index (χ3n) is 9.97. The lowest BCUT2D eigenvalue weighted by Gasteiger charge is -2.49. The Morgan fingerprint density at radius 1 is 0.759 bits per heavy atom. The second kappa shape index (κ2) is 20.7. The van der Waals surface area contributed by atoms with Gasteiger partial charge in [0.25, 0.3) is 11.8 Å². The molecule has 0 spiro atoms. The first kappa shape index (κ1) is 40.5. The number of amides is 2. The summed E-state index contributed by atoms with van der Waals surface area (Å²) in [5, 5.41) is 0. The molecule has 2 aliphatic rings. The molecule has 10 heteroatoms. The Kier molecular flexibility index (Phi) is 15.6. The first-order valence-corrected chi connectivity index (χ1v) is 19.0. The Morgan fingerprint density at radius 2 is 1.41 bits per heavy atom. The third-order valence-corrected chi connectivity index (χ3v) is 9.97. The van der Waals surface area contributed by atoms with Crippen LogP contribution in [0.5, 0.6) is 5.75 Å². The van der Waals surface area contributed by atoms with Crippen molar-refractivity contribution >= 4 is 23.6 Å². The normalized spacial score (nSPS) is 21.0. The zero-order chi connectivity index (χ0) is 38.3. The zero-order valence-electron chi connectivity index (χ0n) is 31.7. The monoisotopic (exact) mass is 739 g/mol. The lowest BCUT2D eigenvalue weighted by molar-refractivity contribution is -0.202. The van der Waals surface area contributed by atoms with Gasteiger partial charge >= 0.3 is 5.97 Å². The van der Waals surface area contributed by atoms with Crippen LogP contribution in [0, 0.1) is 5.92 Å². The van der Waals surface area contributed by atoms with Crippen LogP contribution in [-0.4, -0.2) is 73.1 Å². The zero-order valence-corrected chi connectivity index (χ0v) is 31.7. The highest BCUT2D eigenvalue weighted by atomic mass is 16.6. The summed E-state index contributed by atoms with van der Waals surface area (Å²) in [4.78, 5) is 53.9. The first-order valence-electron chi connectivity index (χ1n) is 19.0. The number of ketones is 1. The molecule has 1 saturated heterocycles. The van der Waals surface area contributed by atoms with Gasteiger partial charge in [-0.1, -0.05) is 86.0 Å². The average molecular weight is 740 g/mol.